The minimum atomic E-state index is -1.23. The molecular formula is C12H21ClO3. The van der Waals surface area contributed by atoms with Crippen LogP contribution in [-0.4, -0.2) is 17.8 Å². The molecule has 16 heavy (non-hydrogen) atoms. The third kappa shape index (κ3) is 5.50. The van der Waals surface area contributed by atoms with Crippen molar-refractivity contribution in [3.8, 4) is 0 Å². The third-order valence-corrected chi connectivity index (χ3v) is 2.96. The van der Waals surface area contributed by atoms with Crippen molar-refractivity contribution < 1.29 is 14.3 Å². The van der Waals surface area contributed by atoms with Crippen LogP contribution in [-0.2, 0) is 14.3 Å². The van der Waals surface area contributed by atoms with Gasteiger partial charge in [0.2, 0.25) is 5.24 Å². The Hall–Kier alpha value is -0.570. The van der Waals surface area contributed by atoms with Crippen LogP contribution < -0.4 is 0 Å². The van der Waals surface area contributed by atoms with Gasteiger partial charge in [0.05, 0.1) is 6.61 Å². The Bertz CT molecular complexity index is 236. The fourth-order valence-corrected chi connectivity index (χ4v) is 1.21. The van der Waals surface area contributed by atoms with Gasteiger partial charge in [-0.2, -0.15) is 0 Å². The molecule has 0 aliphatic carbocycles. The molecule has 0 bridgehead atoms. The van der Waals surface area contributed by atoms with Crippen LogP contribution in [0.25, 0.3) is 0 Å². The van der Waals surface area contributed by atoms with Crippen LogP contribution in [0.4, 0.5) is 0 Å². The zero-order valence-electron chi connectivity index (χ0n) is 10.3. The van der Waals surface area contributed by atoms with Gasteiger partial charge < -0.3 is 4.74 Å². The highest BCUT2D eigenvalue weighted by Gasteiger charge is 2.36. The van der Waals surface area contributed by atoms with E-state index in [1.54, 1.807) is 0 Å². The predicted octanol–water partition coefficient (Wildman–Crippen LogP) is 3.29. The van der Waals surface area contributed by atoms with E-state index >= 15 is 0 Å². The van der Waals surface area contributed by atoms with Crippen LogP contribution in [0.1, 0.15) is 52.9 Å². The summed E-state index contributed by atoms with van der Waals surface area (Å²) in [6.45, 7) is 5.47. The molecule has 0 N–H and O–H groups in total. The molecule has 0 atom stereocenters. The van der Waals surface area contributed by atoms with Gasteiger partial charge in [0.25, 0.3) is 0 Å². The molecule has 4 heteroatoms. The molecule has 0 aromatic rings. The molecule has 94 valence electrons. The quantitative estimate of drug-likeness (QED) is 0.287. The zero-order valence-corrected chi connectivity index (χ0v) is 11.1. The van der Waals surface area contributed by atoms with Crippen molar-refractivity contribution in [2.24, 2.45) is 5.41 Å². The van der Waals surface area contributed by atoms with E-state index in [0.29, 0.717) is 6.61 Å². The SMILES string of the molecule is CCCCCCCOC(=O)C(C)(C)C(=O)Cl. The standard InChI is InChI=1S/C12H21ClO3/c1-4-5-6-7-8-9-16-11(15)12(2,3)10(13)14/h4-9H2,1-3H3. The zero-order chi connectivity index (χ0) is 12.6. The lowest BCUT2D eigenvalue weighted by atomic mass is 9.96. The van der Waals surface area contributed by atoms with Crippen LogP contribution in [0.3, 0.4) is 0 Å². The summed E-state index contributed by atoms with van der Waals surface area (Å²) in [6, 6.07) is 0. The second-order valence-electron chi connectivity index (χ2n) is 4.45. The number of hydrogen-bond donors (Lipinski definition) is 0. The van der Waals surface area contributed by atoms with Gasteiger partial charge in [0, 0.05) is 0 Å². The Morgan fingerprint density at radius 2 is 1.69 bits per heavy atom. The van der Waals surface area contributed by atoms with Crippen molar-refractivity contribution >= 4 is 22.8 Å². The molecule has 0 saturated heterocycles. The Morgan fingerprint density at radius 3 is 2.19 bits per heavy atom. The van der Waals surface area contributed by atoms with E-state index in [0.717, 1.165) is 19.3 Å². The van der Waals surface area contributed by atoms with Gasteiger partial charge in [-0.05, 0) is 31.9 Å². The molecule has 3 nitrogen and oxygen atoms in total. The average molecular weight is 249 g/mol. The van der Waals surface area contributed by atoms with E-state index in [4.69, 9.17) is 16.3 Å². The van der Waals surface area contributed by atoms with Gasteiger partial charge in [-0.1, -0.05) is 32.6 Å². The minimum Gasteiger partial charge on any atom is -0.465 e. The largest absolute Gasteiger partial charge is 0.465 e. The first kappa shape index (κ1) is 15.4. The lowest BCUT2D eigenvalue weighted by Crippen LogP contribution is -2.32. The molecule has 0 aliphatic rings. The molecule has 0 heterocycles. The fraction of sp³-hybridized carbons (Fsp3) is 0.833. The van der Waals surface area contributed by atoms with Gasteiger partial charge in [0.1, 0.15) is 5.41 Å². The number of unbranched alkanes of at least 4 members (excludes halogenated alkanes) is 4. The Kier molecular flexibility index (Phi) is 7.39. The summed E-state index contributed by atoms with van der Waals surface area (Å²) in [5, 5.41) is -0.677. The molecule has 0 amide bonds. The van der Waals surface area contributed by atoms with Crippen LogP contribution in [0.5, 0.6) is 0 Å². The van der Waals surface area contributed by atoms with E-state index in [2.05, 4.69) is 6.92 Å². The number of ether oxygens (including phenoxy) is 1. The highest BCUT2D eigenvalue weighted by atomic mass is 35.5. The minimum absolute atomic E-state index is 0.371. The van der Waals surface area contributed by atoms with E-state index in [-0.39, 0.29) is 0 Å². The summed E-state index contributed by atoms with van der Waals surface area (Å²) < 4.78 is 5.00. The van der Waals surface area contributed by atoms with Crippen molar-refractivity contribution in [2.75, 3.05) is 6.61 Å². The Balaban J connectivity index is 3.70. The van der Waals surface area contributed by atoms with Gasteiger partial charge in [-0.25, -0.2) is 0 Å². The summed E-state index contributed by atoms with van der Waals surface area (Å²) in [4.78, 5) is 22.4. The van der Waals surface area contributed by atoms with Gasteiger partial charge in [-0.3, -0.25) is 9.59 Å². The average Bonchev–Trinajstić information content (AvgIpc) is 2.22. The maximum absolute atomic E-state index is 11.5. The van der Waals surface area contributed by atoms with E-state index < -0.39 is 16.6 Å². The molecular weight excluding hydrogens is 228 g/mol. The molecule has 0 spiro atoms. The van der Waals surface area contributed by atoms with Crippen LogP contribution in [0, 0.1) is 5.41 Å². The maximum atomic E-state index is 11.5. The first-order chi connectivity index (χ1) is 7.42. The molecule has 0 saturated carbocycles. The number of esters is 1. The highest BCUT2D eigenvalue weighted by Crippen LogP contribution is 2.21. The van der Waals surface area contributed by atoms with E-state index in [9.17, 15) is 9.59 Å². The summed E-state index contributed by atoms with van der Waals surface area (Å²) in [5.41, 5.74) is -1.23. The van der Waals surface area contributed by atoms with E-state index in [1.165, 1.54) is 26.7 Å². The number of carbonyl (C=O) groups excluding carboxylic acids is 2. The van der Waals surface area contributed by atoms with Gasteiger partial charge in [0.15, 0.2) is 0 Å². The number of rotatable bonds is 8. The highest BCUT2D eigenvalue weighted by molar-refractivity contribution is 6.66. The second-order valence-corrected chi connectivity index (χ2v) is 4.79. The lowest BCUT2D eigenvalue weighted by Gasteiger charge is -2.17. The van der Waals surface area contributed by atoms with Crippen LogP contribution >= 0.6 is 11.6 Å². The summed E-state index contributed by atoms with van der Waals surface area (Å²) >= 11 is 5.31. The van der Waals surface area contributed by atoms with Crippen molar-refractivity contribution in [1.82, 2.24) is 0 Å². The first-order valence-electron chi connectivity index (χ1n) is 5.80. The predicted molar refractivity (Wildman–Crippen MR) is 64.4 cm³/mol. The number of carbonyl (C=O) groups is 2. The van der Waals surface area contributed by atoms with Crippen molar-refractivity contribution in [3.05, 3.63) is 0 Å². The maximum Gasteiger partial charge on any atom is 0.320 e. The molecule has 0 radical (unpaired) electrons. The molecule has 0 aliphatic heterocycles. The third-order valence-electron chi connectivity index (χ3n) is 2.48. The van der Waals surface area contributed by atoms with Crippen molar-refractivity contribution in [2.45, 2.75) is 52.9 Å². The lowest BCUT2D eigenvalue weighted by molar-refractivity contribution is -0.156. The topological polar surface area (TPSA) is 43.4 Å². The fourth-order valence-electron chi connectivity index (χ4n) is 1.13. The Morgan fingerprint density at radius 1 is 1.12 bits per heavy atom. The van der Waals surface area contributed by atoms with E-state index in [1.807, 2.05) is 0 Å². The normalized spacial score (nSPS) is 11.2. The first-order valence-corrected chi connectivity index (χ1v) is 6.18. The number of hydrogen-bond acceptors (Lipinski definition) is 3. The second kappa shape index (κ2) is 7.66. The van der Waals surface area contributed by atoms with Crippen LogP contribution in [0.2, 0.25) is 0 Å². The van der Waals surface area contributed by atoms with Crippen molar-refractivity contribution in [1.29, 1.82) is 0 Å². The monoisotopic (exact) mass is 248 g/mol. The van der Waals surface area contributed by atoms with Gasteiger partial charge in [-0.15, -0.1) is 0 Å². The van der Waals surface area contributed by atoms with Crippen molar-refractivity contribution in [3.63, 3.8) is 0 Å². The smallest absolute Gasteiger partial charge is 0.320 e. The van der Waals surface area contributed by atoms with Gasteiger partial charge >= 0.3 is 5.97 Å². The van der Waals surface area contributed by atoms with Crippen LogP contribution in [0.15, 0.2) is 0 Å². The molecule has 0 rings (SSSR count). The molecule has 0 fully saturated rings. The number of halogens is 1. The summed E-state index contributed by atoms with van der Waals surface area (Å²) in [6.07, 6.45) is 5.45. The Labute approximate surface area is 102 Å². The summed E-state index contributed by atoms with van der Waals surface area (Å²) in [5.74, 6) is -0.539. The molecule has 0 unspecified atom stereocenters. The molecule has 0 aromatic heterocycles. The summed E-state index contributed by atoms with van der Waals surface area (Å²) in [7, 11) is 0. The molecule has 0 aromatic carbocycles.